The Balaban J connectivity index is 1.33. The van der Waals surface area contributed by atoms with Gasteiger partial charge in [-0.3, -0.25) is 0 Å². The summed E-state index contributed by atoms with van der Waals surface area (Å²) in [6, 6.07) is 52.5. The molecular formula is C41H26N4. The van der Waals surface area contributed by atoms with Crippen LogP contribution in [0.2, 0.25) is 0 Å². The zero-order chi connectivity index (χ0) is 29.5. The number of para-hydroxylation sites is 4. The topological polar surface area (TPSA) is 27.2 Å². The number of fused-ring (bicyclic) bond motifs is 8. The molecule has 0 amide bonds. The smallest absolute Gasteiger partial charge is 0.0746 e. The van der Waals surface area contributed by atoms with Gasteiger partial charge in [0.25, 0.3) is 0 Å². The van der Waals surface area contributed by atoms with Gasteiger partial charge in [-0.15, -0.1) is 0 Å². The third kappa shape index (κ3) is 3.51. The Morgan fingerprint density at radius 2 is 0.844 bits per heavy atom. The van der Waals surface area contributed by atoms with Crippen molar-refractivity contribution in [2.24, 2.45) is 0 Å². The molecule has 0 saturated carbocycles. The van der Waals surface area contributed by atoms with Crippen molar-refractivity contribution >= 4 is 59.9 Å². The van der Waals surface area contributed by atoms with Crippen LogP contribution in [-0.4, -0.2) is 18.7 Å². The molecule has 0 N–H and O–H groups in total. The predicted molar refractivity (Wildman–Crippen MR) is 187 cm³/mol. The first-order valence-electron chi connectivity index (χ1n) is 15.3. The van der Waals surface area contributed by atoms with Gasteiger partial charge in [0, 0.05) is 50.1 Å². The molecule has 0 aliphatic rings. The van der Waals surface area contributed by atoms with Gasteiger partial charge in [-0.2, -0.15) is 5.10 Å². The molecule has 0 fully saturated rings. The Bertz CT molecular complexity index is 2540. The summed E-state index contributed by atoms with van der Waals surface area (Å²) in [4.78, 5) is 0. The van der Waals surface area contributed by atoms with Gasteiger partial charge in [0.2, 0.25) is 0 Å². The number of aromatic nitrogens is 4. The summed E-state index contributed by atoms with van der Waals surface area (Å²) in [5, 5.41) is 12.2. The molecule has 4 nitrogen and oxygen atoms in total. The fourth-order valence-corrected chi connectivity index (χ4v) is 7.29. The number of nitrogens with zero attached hydrogens (tertiary/aromatic N) is 4. The summed E-state index contributed by atoms with van der Waals surface area (Å²) in [6.07, 6.45) is 4.13. The van der Waals surface area contributed by atoms with Crippen LogP contribution in [0.3, 0.4) is 0 Å². The van der Waals surface area contributed by atoms with E-state index in [2.05, 4.69) is 161 Å². The number of rotatable bonds is 3. The summed E-state index contributed by atoms with van der Waals surface area (Å²) in [7, 11) is 0. The van der Waals surface area contributed by atoms with Gasteiger partial charge in [0.05, 0.1) is 33.8 Å². The van der Waals surface area contributed by atoms with E-state index in [1.165, 1.54) is 54.4 Å². The van der Waals surface area contributed by atoms with E-state index in [1.54, 1.807) is 0 Å². The summed E-state index contributed by atoms with van der Waals surface area (Å²) >= 11 is 0. The molecule has 4 heterocycles. The molecule has 45 heavy (non-hydrogen) atoms. The average molecular weight is 575 g/mol. The largest absolute Gasteiger partial charge is 0.309 e. The summed E-state index contributed by atoms with van der Waals surface area (Å²) in [5.41, 5.74) is 10.3. The van der Waals surface area contributed by atoms with Crippen LogP contribution in [0.15, 0.2) is 158 Å². The van der Waals surface area contributed by atoms with Gasteiger partial charge in [0.1, 0.15) is 0 Å². The Morgan fingerprint density at radius 1 is 0.400 bits per heavy atom. The molecule has 0 radical (unpaired) electrons. The van der Waals surface area contributed by atoms with Crippen LogP contribution in [0.4, 0.5) is 0 Å². The normalized spacial score (nSPS) is 12.0. The highest BCUT2D eigenvalue weighted by atomic mass is 15.2. The Labute approximate surface area is 258 Å². The minimum Gasteiger partial charge on any atom is -0.309 e. The Kier molecular flexibility index (Phi) is 4.96. The van der Waals surface area contributed by atoms with Gasteiger partial charge < -0.3 is 9.13 Å². The average Bonchev–Trinajstić information content (AvgIpc) is 3.77. The van der Waals surface area contributed by atoms with E-state index >= 15 is 0 Å². The quantitative estimate of drug-likeness (QED) is 0.206. The molecule has 10 aromatic rings. The molecule has 210 valence electrons. The van der Waals surface area contributed by atoms with Crippen LogP contribution in [-0.2, 0) is 0 Å². The maximum atomic E-state index is 4.83. The minimum absolute atomic E-state index is 1.08. The zero-order valence-corrected chi connectivity index (χ0v) is 24.3. The monoisotopic (exact) mass is 574 g/mol. The predicted octanol–water partition coefficient (Wildman–Crippen LogP) is 10.3. The van der Waals surface area contributed by atoms with Crippen molar-refractivity contribution in [3.8, 4) is 22.5 Å². The summed E-state index contributed by atoms with van der Waals surface area (Å²) < 4.78 is 6.82. The molecule has 6 aromatic carbocycles. The third-order valence-corrected chi connectivity index (χ3v) is 9.27. The molecule has 0 atom stereocenters. The zero-order valence-electron chi connectivity index (χ0n) is 24.3. The van der Waals surface area contributed by atoms with E-state index in [0.29, 0.717) is 0 Å². The Hall–Kier alpha value is -6.13. The summed E-state index contributed by atoms with van der Waals surface area (Å²) in [5.74, 6) is 0. The number of hydrogen-bond acceptors (Lipinski definition) is 1. The molecule has 4 aromatic heterocycles. The maximum absolute atomic E-state index is 4.83. The second-order valence-corrected chi connectivity index (χ2v) is 11.8. The first-order chi connectivity index (χ1) is 22.3. The first kappa shape index (κ1) is 24.3. The van der Waals surface area contributed by atoms with Gasteiger partial charge in [-0.1, -0.05) is 97.1 Å². The lowest BCUT2D eigenvalue weighted by Crippen LogP contribution is -2.00. The lowest BCUT2D eigenvalue weighted by molar-refractivity contribution is 0.970. The first-order valence-corrected chi connectivity index (χ1v) is 15.3. The van der Waals surface area contributed by atoms with Crippen molar-refractivity contribution in [1.82, 2.24) is 18.7 Å². The molecule has 0 unspecified atom stereocenters. The van der Waals surface area contributed by atoms with Crippen LogP contribution in [0.25, 0.3) is 82.4 Å². The van der Waals surface area contributed by atoms with Crippen molar-refractivity contribution in [3.05, 3.63) is 158 Å². The van der Waals surface area contributed by atoms with E-state index in [0.717, 1.165) is 28.0 Å². The van der Waals surface area contributed by atoms with E-state index in [4.69, 9.17) is 5.10 Å². The van der Waals surface area contributed by atoms with Crippen LogP contribution in [0.1, 0.15) is 0 Å². The molecule has 0 saturated heterocycles. The van der Waals surface area contributed by atoms with Gasteiger partial charge in [-0.25, -0.2) is 4.52 Å². The molecule has 0 bridgehead atoms. The maximum Gasteiger partial charge on any atom is 0.0746 e. The fraction of sp³-hybridized carbons (Fsp3) is 0. The highest BCUT2D eigenvalue weighted by Gasteiger charge is 2.18. The van der Waals surface area contributed by atoms with Crippen molar-refractivity contribution in [2.75, 3.05) is 0 Å². The second kappa shape index (κ2) is 9.18. The van der Waals surface area contributed by atoms with Crippen molar-refractivity contribution in [2.45, 2.75) is 0 Å². The van der Waals surface area contributed by atoms with E-state index in [9.17, 15) is 0 Å². The molecule has 10 rings (SSSR count). The number of hydrogen-bond donors (Lipinski definition) is 0. The molecular weight excluding hydrogens is 548 g/mol. The summed E-state index contributed by atoms with van der Waals surface area (Å²) in [6.45, 7) is 0. The SMILES string of the molecule is c1ccc2cn3ncc(-c4cc(-n5c6ccccc6c6ccccc65)cc(-n5c6ccccc6c6ccccc65)c4)c3cc2c1. The molecule has 0 aliphatic carbocycles. The van der Waals surface area contributed by atoms with Crippen LogP contribution in [0.5, 0.6) is 0 Å². The van der Waals surface area contributed by atoms with Gasteiger partial charge in [0.15, 0.2) is 0 Å². The lowest BCUT2D eigenvalue weighted by atomic mass is 10.0. The van der Waals surface area contributed by atoms with Crippen LogP contribution in [0, 0.1) is 0 Å². The lowest BCUT2D eigenvalue weighted by Gasteiger charge is -2.15. The second-order valence-electron chi connectivity index (χ2n) is 11.8. The molecule has 0 spiro atoms. The molecule has 0 aliphatic heterocycles. The van der Waals surface area contributed by atoms with Crippen molar-refractivity contribution < 1.29 is 0 Å². The van der Waals surface area contributed by atoms with E-state index in [-0.39, 0.29) is 0 Å². The Morgan fingerprint density at radius 3 is 1.36 bits per heavy atom. The van der Waals surface area contributed by atoms with Gasteiger partial charge in [-0.05, 0) is 59.5 Å². The standard InChI is InChI=1S/C41H26N4/c1-2-12-28-26-43-41(23-27(28)11-1)36(25-42-43)29-21-30(44-37-17-7-3-13-32(37)33-14-4-8-18-38(33)44)24-31(22-29)45-39-19-9-5-15-34(39)35-16-6-10-20-40(35)45/h1-26H. The number of benzene rings is 6. The third-order valence-electron chi connectivity index (χ3n) is 9.27. The van der Waals surface area contributed by atoms with Crippen molar-refractivity contribution in [3.63, 3.8) is 0 Å². The fourth-order valence-electron chi connectivity index (χ4n) is 7.29. The highest BCUT2D eigenvalue weighted by Crippen LogP contribution is 2.38. The van der Waals surface area contributed by atoms with Crippen LogP contribution < -0.4 is 0 Å². The van der Waals surface area contributed by atoms with E-state index < -0.39 is 0 Å². The molecule has 4 heteroatoms. The highest BCUT2D eigenvalue weighted by molar-refractivity contribution is 6.11. The minimum atomic E-state index is 1.08. The van der Waals surface area contributed by atoms with Crippen LogP contribution >= 0.6 is 0 Å². The van der Waals surface area contributed by atoms with Gasteiger partial charge >= 0.3 is 0 Å². The number of pyridine rings is 1. The van der Waals surface area contributed by atoms with E-state index in [1.807, 2.05) is 10.7 Å². The van der Waals surface area contributed by atoms with Crippen molar-refractivity contribution in [1.29, 1.82) is 0 Å².